The van der Waals surface area contributed by atoms with Crippen LogP contribution in [0.3, 0.4) is 0 Å². The Morgan fingerprint density at radius 3 is 1.56 bits per heavy atom. The van der Waals surface area contributed by atoms with Gasteiger partial charge in [-0.1, -0.05) is 6.92 Å². The average molecular weight is 251 g/mol. The minimum Gasteiger partial charge on any atom is -0.326 e. The highest BCUT2D eigenvalue weighted by Gasteiger charge is 2.42. The van der Waals surface area contributed by atoms with Gasteiger partial charge >= 0.3 is 0 Å². The predicted molar refractivity (Wildman–Crippen MR) is 75.5 cm³/mol. The SMILES string of the molecule is CN1[C@H]2CC[C@@H]1[C@H](N)C2.C[C@H]1C[C@H]2CC[C@@H]1N2C. The van der Waals surface area contributed by atoms with Gasteiger partial charge in [0.25, 0.3) is 0 Å². The Hall–Kier alpha value is -0.120. The lowest BCUT2D eigenvalue weighted by molar-refractivity contribution is 0.296. The van der Waals surface area contributed by atoms with E-state index in [1.165, 1.54) is 38.5 Å². The molecule has 4 aliphatic heterocycles. The molecule has 0 aromatic carbocycles. The van der Waals surface area contributed by atoms with Gasteiger partial charge in [0.15, 0.2) is 0 Å². The summed E-state index contributed by atoms with van der Waals surface area (Å²) in [5, 5.41) is 0. The third kappa shape index (κ3) is 2.00. The van der Waals surface area contributed by atoms with Gasteiger partial charge in [-0.05, 0) is 58.5 Å². The number of hydrogen-bond donors (Lipinski definition) is 1. The molecule has 0 aliphatic carbocycles. The van der Waals surface area contributed by atoms with Crippen LogP contribution in [0.15, 0.2) is 0 Å². The monoisotopic (exact) mass is 251 g/mol. The largest absolute Gasteiger partial charge is 0.326 e. The van der Waals surface area contributed by atoms with E-state index in [1.807, 2.05) is 0 Å². The Bertz CT molecular complexity index is 276. The first-order valence-corrected chi connectivity index (χ1v) is 7.77. The first-order chi connectivity index (χ1) is 8.58. The minimum absolute atomic E-state index is 0.480. The second kappa shape index (κ2) is 4.77. The lowest BCUT2D eigenvalue weighted by Crippen LogP contribution is -2.34. The second-order valence-electron chi connectivity index (χ2n) is 7.04. The number of nitrogens with two attached hydrogens (primary N) is 1. The van der Waals surface area contributed by atoms with Crippen molar-refractivity contribution in [2.75, 3.05) is 14.1 Å². The molecule has 0 unspecified atom stereocenters. The van der Waals surface area contributed by atoms with Gasteiger partial charge in [-0.15, -0.1) is 0 Å². The van der Waals surface area contributed by atoms with Gasteiger partial charge in [0.2, 0.25) is 0 Å². The summed E-state index contributed by atoms with van der Waals surface area (Å²) >= 11 is 0. The van der Waals surface area contributed by atoms with E-state index in [0.717, 1.165) is 30.1 Å². The van der Waals surface area contributed by atoms with Crippen LogP contribution >= 0.6 is 0 Å². The summed E-state index contributed by atoms with van der Waals surface area (Å²) in [7, 11) is 4.49. The fourth-order valence-corrected chi connectivity index (χ4v) is 4.91. The number of likely N-dealkylation sites (N-methyl/N-ethyl adjacent to an activating group) is 1. The van der Waals surface area contributed by atoms with Gasteiger partial charge in [-0.3, -0.25) is 4.90 Å². The molecule has 4 fully saturated rings. The maximum atomic E-state index is 5.87. The van der Waals surface area contributed by atoms with Crippen molar-refractivity contribution in [1.29, 1.82) is 0 Å². The third-order valence-corrected chi connectivity index (χ3v) is 6.13. The van der Waals surface area contributed by atoms with Crippen LogP contribution < -0.4 is 5.73 Å². The summed E-state index contributed by atoms with van der Waals surface area (Å²) in [6, 6.07) is 3.91. The summed E-state index contributed by atoms with van der Waals surface area (Å²) in [6.07, 6.45) is 8.34. The predicted octanol–water partition coefficient (Wildman–Crippen LogP) is 1.67. The number of fused-ring (bicyclic) bond motifs is 4. The zero-order chi connectivity index (χ0) is 12.9. The molecular formula is C15H29N3. The van der Waals surface area contributed by atoms with Crippen LogP contribution in [0.4, 0.5) is 0 Å². The quantitative estimate of drug-likeness (QED) is 0.711. The van der Waals surface area contributed by atoms with Gasteiger partial charge in [-0.2, -0.15) is 0 Å². The first kappa shape index (κ1) is 12.9. The summed E-state index contributed by atoms with van der Waals surface area (Å²) in [4.78, 5) is 5.02. The molecule has 4 bridgehead atoms. The number of hydrogen-bond acceptors (Lipinski definition) is 3. The maximum absolute atomic E-state index is 5.87. The second-order valence-corrected chi connectivity index (χ2v) is 7.04. The summed E-state index contributed by atoms with van der Waals surface area (Å²) < 4.78 is 0. The van der Waals surface area contributed by atoms with Crippen LogP contribution in [-0.4, -0.2) is 54.1 Å². The summed E-state index contributed by atoms with van der Waals surface area (Å²) in [5.41, 5.74) is 5.87. The van der Waals surface area contributed by atoms with E-state index in [2.05, 4.69) is 30.8 Å². The Balaban J connectivity index is 0.000000111. The number of rotatable bonds is 0. The smallest absolute Gasteiger partial charge is 0.0248 e. The Morgan fingerprint density at radius 1 is 0.833 bits per heavy atom. The topological polar surface area (TPSA) is 32.5 Å². The molecule has 3 nitrogen and oxygen atoms in total. The van der Waals surface area contributed by atoms with Crippen molar-refractivity contribution < 1.29 is 0 Å². The molecule has 104 valence electrons. The first-order valence-electron chi connectivity index (χ1n) is 7.77. The summed E-state index contributed by atoms with van der Waals surface area (Å²) in [5.74, 6) is 0.980. The molecule has 0 aromatic heterocycles. The van der Waals surface area contributed by atoms with Gasteiger partial charge in [0.1, 0.15) is 0 Å². The highest BCUT2D eigenvalue weighted by Crippen LogP contribution is 2.39. The van der Waals surface area contributed by atoms with Crippen molar-refractivity contribution in [2.45, 2.75) is 75.7 Å². The van der Waals surface area contributed by atoms with Crippen molar-refractivity contribution in [1.82, 2.24) is 9.80 Å². The molecule has 0 saturated carbocycles. The van der Waals surface area contributed by atoms with E-state index >= 15 is 0 Å². The van der Waals surface area contributed by atoms with Crippen LogP contribution in [0.25, 0.3) is 0 Å². The normalized spacial score (nSPS) is 50.7. The summed E-state index contributed by atoms with van der Waals surface area (Å²) in [6.45, 7) is 2.39. The minimum atomic E-state index is 0.480. The molecule has 0 radical (unpaired) electrons. The highest BCUT2D eigenvalue weighted by molar-refractivity contribution is 5.00. The van der Waals surface area contributed by atoms with Crippen LogP contribution in [0.5, 0.6) is 0 Å². The number of nitrogens with zero attached hydrogens (tertiary/aromatic N) is 2. The Morgan fingerprint density at radius 2 is 1.39 bits per heavy atom. The van der Waals surface area contributed by atoms with Crippen molar-refractivity contribution in [3.8, 4) is 0 Å². The highest BCUT2D eigenvalue weighted by atomic mass is 15.2. The van der Waals surface area contributed by atoms with Crippen LogP contribution in [-0.2, 0) is 0 Å². The van der Waals surface area contributed by atoms with E-state index in [-0.39, 0.29) is 0 Å². The van der Waals surface area contributed by atoms with E-state index in [4.69, 9.17) is 5.73 Å². The van der Waals surface area contributed by atoms with E-state index in [1.54, 1.807) is 0 Å². The average Bonchev–Trinajstić information content (AvgIpc) is 3.02. The zero-order valence-electron chi connectivity index (χ0n) is 12.2. The molecule has 3 heteroatoms. The molecule has 6 atom stereocenters. The molecule has 4 saturated heterocycles. The van der Waals surface area contributed by atoms with E-state index in [0.29, 0.717) is 6.04 Å². The van der Waals surface area contributed by atoms with Crippen LogP contribution in [0.2, 0.25) is 0 Å². The van der Waals surface area contributed by atoms with E-state index < -0.39 is 0 Å². The van der Waals surface area contributed by atoms with Crippen molar-refractivity contribution >= 4 is 0 Å². The molecule has 0 amide bonds. The molecule has 4 aliphatic rings. The van der Waals surface area contributed by atoms with Gasteiger partial charge in [-0.25, -0.2) is 0 Å². The molecule has 4 rings (SSSR count). The molecule has 2 N–H and O–H groups in total. The maximum Gasteiger partial charge on any atom is 0.0248 e. The third-order valence-electron chi connectivity index (χ3n) is 6.13. The Kier molecular flexibility index (Phi) is 3.41. The van der Waals surface area contributed by atoms with Crippen LogP contribution in [0.1, 0.15) is 45.4 Å². The fourth-order valence-electron chi connectivity index (χ4n) is 4.91. The molecule has 4 heterocycles. The van der Waals surface area contributed by atoms with Crippen LogP contribution in [0, 0.1) is 5.92 Å². The van der Waals surface area contributed by atoms with Crippen molar-refractivity contribution in [2.24, 2.45) is 11.7 Å². The molecule has 0 aromatic rings. The van der Waals surface area contributed by atoms with Gasteiger partial charge in [0, 0.05) is 30.2 Å². The standard InChI is InChI=1S/C8H15N.C7H14N2/c1-6-5-7-3-4-8(6)9(7)2;1-9-5-2-3-7(9)6(8)4-5/h6-8H,3-5H2,1-2H3;5-7H,2-4,8H2,1H3/t6-,7+,8-;5-,6+,7+/m00/s1. The lowest BCUT2D eigenvalue weighted by atomic mass is 9.91. The Labute approximate surface area is 112 Å². The van der Waals surface area contributed by atoms with Gasteiger partial charge in [0.05, 0.1) is 0 Å². The van der Waals surface area contributed by atoms with Crippen molar-refractivity contribution in [3.63, 3.8) is 0 Å². The molecule has 18 heavy (non-hydrogen) atoms. The fraction of sp³-hybridized carbons (Fsp3) is 1.00. The zero-order valence-corrected chi connectivity index (χ0v) is 12.2. The van der Waals surface area contributed by atoms with Gasteiger partial charge < -0.3 is 10.6 Å². The van der Waals surface area contributed by atoms with E-state index in [9.17, 15) is 0 Å². The lowest BCUT2D eigenvalue weighted by Gasteiger charge is -2.16. The molecule has 0 spiro atoms. The molecular weight excluding hydrogens is 222 g/mol. The van der Waals surface area contributed by atoms with Crippen molar-refractivity contribution in [3.05, 3.63) is 0 Å².